The Bertz CT molecular complexity index is 1080. The molecule has 9 heteroatoms. The molecule has 0 saturated heterocycles. The van der Waals surface area contributed by atoms with Gasteiger partial charge in [-0.3, -0.25) is 4.79 Å². The molecule has 5 rings (SSSR count). The molecule has 1 aromatic carbocycles. The van der Waals surface area contributed by atoms with Gasteiger partial charge in [-0.15, -0.1) is 21.5 Å². The molecule has 32 heavy (non-hydrogen) atoms. The van der Waals surface area contributed by atoms with Crippen molar-refractivity contribution >= 4 is 34.7 Å². The summed E-state index contributed by atoms with van der Waals surface area (Å²) in [4.78, 5) is 14.2. The van der Waals surface area contributed by atoms with Crippen LogP contribution in [0.5, 0.6) is 11.5 Å². The first-order chi connectivity index (χ1) is 15.7. The molecule has 1 N–H and O–H groups in total. The number of nitrogens with one attached hydrogen (secondary N) is 1. The number of hydrogen-bond acceptors (Lipinski definition) is 7. The lowest BCUT2D eigenvalue weighted by atomic mass is 9.95. The minimum Gasteiger partial charge on any atom is -0.454 e. The van der Waals surface area contributed by atoms with Crippen LogP contribution in [-0.2, 0) is 11.2 Å². The first kappa shape index (κ1) is 21.3. The number of nitrogens with zero attached hydrogens (tertiary/aromatic N) is 3. The van der Waals surface area contributed by atoms with Crippen molar-refractivity contribution in [2.45, 2.75) is 61.9 Å². The number of carbonyl (C=O) groups is 1. The third-order valence-corrected chi connectivity index (χ3v) is 7.81. The molecule has 1 amide bonds. The van der Waals surface area contributed by atoms with Crippen molar-refractivity contribution in [3.05, 3.63) is 46.4 Å². The third kappa shape index (κ3) is 4.63. The largest absolute Gasteiger partial charge is 0.454 e. The number of benzene rings is 1. The van der Waals surface area contributed by atoms with E-state index in [0.717, 1.165) is 30.2 Å². The van der Waals surface area contributed by atoms with E-state index >= 15 is 0 Å². The van der Waals surface area contributed by atoms with E-state index in [9.17, 15) is 4.79 Å². The highest BCUT2D eigenvalue weighted by atomic mass is 32.2. The zero-order valence-electron chi connectivity index (χ0n) is 18.0. The Morgan fingerprint density at radius 2 is 2.06 bits per heavy atom. The molecule has 1 aliphatic carbocycles. The number of thiophene rings is 1. The van der Waals surface area contributed by atoms with Gasteiger partial charge >= 0.3 is 0 Å². The van der Waals surface area contributed by atoms with Crippen molar-refractivity contribution in [1.82, 2.24) is 14.8 Å². The highest BCUT2D eigenvalue weighted by molar-refractivity contribution is 8.00. The van der Waals surface area contributed by atoms with Crippen LogP contribution in [0.15, 0.2) is 40.9 Å². The zero-order valence-corrected chi connectivity index (χ0v) is 19.6. The predicted octanol–water partition coefficient (Wildman–Crippen LogP) is 5.28. The summed E-state index contributed by atoms with van der Waals surface area (Å²) in [6.45, 7) is 2.12. The average molecular weight is 471 g/mol. The molecule has 168 valence electrons. The Morgan fingerprint density at radius 3 is 2.88 bits per heavy atom. The van der Waals surface area contributed by atoms with Gasteiger partial charge in [0.1, 0.15) is 5.82 Å². The van der Waals surface area contributed by atoms with Crippen LogP contribution >= 0.6 is 23.1 Å². The maximum atomic E-state index is 12.9. The second-order valence-corrected chi connectivity index (χ2v) is 10.5. The van der Waals surface area contributed by atoms with Gasteiger partial charge in [-0.05, 0) is 43.3 Å². The predicted molar refractivity (Wildman–Crippen MR) is 126 cm³/mol. The summed E-state index contributed by atoms with van der Waals surface area (Å²) in [6.07, 6.45) is 6.80. The highest BCUT2D eigenvalue weighted by Gasteiger charge is 2.26. The van der Waals surface area contributed by atoms with E-state index in [1.54, 1.807) is 17.4 Å². The molecule has 0 radical (unpaired) electrons. The number of hydrogen-bond donors (Lipinski definition) is 1. The van der Waals surface area contributed by atoms with E-state index in [0.29, 0.717) is 23.2 Å². The number of aromatic nitrogens is 3. The smallest absolute Gasteiger partial charge is 0.237 e. The van der Waals surface area contributed by atoms with E-state index in [1.807, 2.05) is 19.1 Å². The van der Waals surface area contributed by atoms with Crippen molar-refractivity contribution in [1.29, 1.82) is 0 Å². The minimum absolute atomic E-state index is 0.0770. The number of fused-ring (bicyclic) bond motifs is 1. The summed E-state index contributed by atoms with van der Waals surface area (Å²) >= 11 is 3.21. The summed E-state index contributed by atoms with van der Waals surface area (Å²) in [5.74, 6) is 2.26. The van der Waals surface area contributed by atoms with Crippen molar-refractivity contribution in [3.63, 3.8) is 0 Å². The van der Waals surface area contributed by atoms with Crippen LogP contribution in [0.1, 0.15) is 55.8 Å². The lowest BCUT2D eigenvalue weighted by Crippen LogP contribution is -2.24. The Hall–Kier alpha value is -2.52. The summed E-state index contributed by atoms with van der Waals surface area (Å²) in [5, 5.41) is 14.6. The fourth-order valence-corrected chi connectivity index (χ4v) is 5.85. The molecule has 3 aromatic rings. The van der Waals surface area contributed by atoms with E-state index < -0.39 is 0 Å². The van der Waals surface area contributed by atoms with Gasteiger partial charge in [0.05, 0.1) is 5.25 Å². The number of carbonyl (C=O) groups excluding carboxylic acids is 1. The van der Waals surface area contributed by atoms with Gasteiger partial charge in [-0.2, -0.15) is 0 Å². The molecule has 2 aromatic heterocycles. The quantitative estimate of drug-likeness (QED) is 0.473. The normalized spacial score (nSPS) is 16.8. The lowest BCUT2D eigenvalue weighted by Gasteiger charge is -2.26. The van der Waals surface area contributed by atoms with Crippen LogP contribution in [0, 0.1) is 0 Å². The molecule has 2 aliphatic rings. The number of amides is 1. The Kier molecular flexibility index (Phi) is 6.36. The van der Waals surface area contributed by atoms with Crippen molar-refractivity contribution in [2.24, 2.45) is 0 Å². The lowest BCUT2D eigenvalue weighted by molar-refractivity contribution is -0.115. The monoisotopic (exact) mass is 470 g/mol. The van der Waals surface area contributed by atoms with Crippen LogP contribution in [0.2, 0.25) is 0 Å². The zero-order chi connectivity index (χ0) is 21.9. The van der Waals surface area contributed by atoms with Crippen molar-refractivity contribution in [2.75, 3.05) is 12.1 Å². The molecule has 3 heterocycles. The van der Waals surface area contributed by atoms with Gasteiger partial charge in [0.25, 0.3) is 0 Å². The summed E-state index contributed by atoms with van der Waals surface area (Å²) in [6, 6.07) is 10.0. The number of rotatable bonds is 7. The van der Waals surface area contributed by atoms with Crippen LogP contribution in [-0.4, -0.2) is 32.7 Å². The molecule has 1 aliphatic heterocycles. The SMILES string of the molecule is C[C@@H](Sc1nnc(Cc2cccs2)n1C1CCCCC1)C(=O)Nc1ccc2c(c1)OCO2. The van der Waals surface area contributed by atoms with Gasteiger partial charge in [0.15, 0.2) is 16.7 Å². The third-order valence-electron chi connectivity index (χ3n) is 5.88. The van der Waals surface area contributed by atoms with Gasteiger partial charge in [0.2, 0.25) is 12.7 Å². The highest BCUT2D eigenvalue weighted by Crippen LogP contribution is 2.36. The average Bonchev–Trinajstić information content (AvgIpc) is 3.56. The number of ether oxygens (including phenoxy) is 2. The molecule has 7 nitrogen and oxygen atoms in total. The van der Waals surface area contributed by atoms with E-state index in [1.165, 1.54) is 35.9 Å². The van der Waals surface area contributed by atoms with Gasteiger partial charge in [-0.1, -0.05) is 37.1 Å². The van der Waals surface area contributed by atoms with E-state index in [2.05, 4.69) is 37.6 Å². The molecule has 0 bridgehead atoms. The molecular weight excluding hydrogens is 444 g/mol. The Labute approximate surface area is 195 Å². The Balaban J connectivity index is 1.32. The maximum absolute atomic E-state index is 12.9. The van der Waals surface area contributed by atoms with Gasteiger partial charge in [0, 0.05) is 29.1 Å². The minimum atomic E-state index is -0.318. The topological polar surface area (TPSA) is 78.3 Å². The molecule has 0 spiro atoms. The standard InChI is InChI=1S/C23H26N4O3S2/c1-15(22(28)24-16-9-10-19-20(12-16)30-14-29-19)32-23-26-25-21(13-18-8-5-11-31-18)27(23)17-6-3-2-4-7-17/h5,8-12,15,17H,2-4,6-7,13-14H2,1H3,(H,24,28)/t15-/m1/s1. The van der Waals surface area contributed by atoms with Crippen LogP contribution in [0.25, 0.3) is 0 Å². The summed E-state index contributed by atoms with van der Waals surface area (Å²) in [7, 11) is 0. The number of thioether (sulfide) groups is 1. The Morgan fingerprint density at radius 1 is 1.22 bits per heavy atom. The fraction of sp³-hybridized carbons (Fsp3) is 0.435. The van der Waals surface area contributed by atoms with Gasteiger partial charge in [-0.25, -0.2) is 0 Å². The van der Waals surface area contributed by atoms with Crippen LogP contribution < -0.4 is 14.8 Å². The molecular formula is C23H26N4O3S2. The van der Waals surface area contributed by atoms with Crippen molar-refractivity contribution < 1.29 is 14.3 Å². The molecule has 1 saturated carbocycles. The second-order valence-electron chi connectivity index (χ2n) is 8.13. The fourth-order valence-electron chi connectivity index (χ4n) is 4.21. The van der Waals surface area contributed by atoms with E-state index in [-0.39, 0.29) is 18.0 Å². The second kappa shape index (κ2) is 9.54. The van der Waals surface area contributed by atoms with Crippen molar-refractivity contribution in [3.8, 4) is 11.5 Å². The molecule has 1 fully saturated rings. The van der Waals surface area contributed by atoms with Crippen LogP contribution in [0.4, 0.5) is 5.69 Å². The maximum Gasteiger partial charge on any atom is 0.237 e. The van der Waals surface area contributed by atoms with E-state index in [4.69, 9.17) is 9.47 Å². The summed E-state index contributed by atoms with van der Waals surface area (Å²) < 4.78 is 13.0. The van der Waals surface area contributed by atoms with Crippen LogP contribution in [0.3, 0.4) is 0 Å². The first-order valence-corrected chi connectivity index (χ1v) is 12.8. The molecule has 1 atom stereocenters. The first-order valence-electron chi connectivity index (χ1n) is 11.0. The van der Waals surface area contributed by atoms with Gasteiger partial charge < -0.3 is 19.4 Å². The number of anilines is 1. The summed E-state index contributed by atoms with van der Waals surface area (Å²) in [5.41, 5.74) is 0.693. The molecule has 0 unspecified atom stereocenters.